The van der Waals surface area contributed by atoms with Gasteiger partial charge in [-0.25, -0.2) is 0 Å². The summed E-state index contributed by atoms with van der Waals surface area (Å²) >= 11 is 7.09. The van der Waals surface area contributed by atoms with Gasteiger partial charge in [-0.2, -0.15) is 0 Å². The Hall–Kier alpha value is -1.58. The quantitative estimate of drug-likeness (QED) is 0.356. The van der Waals surface area contributed by atoms with Crippen LogP contribution in [0.5, 0.6) is 0 Å². The van der Waals surface area contributed by atoms with Gasteiger partial charge in [-0.3, -0.25) is 0 Å². The van der Waals surface area contributed by atoms with Crippen molar-refractivity contribution in [3.05, 3.63) is 54.6 Å². The van der Waals surface area contributed by atoms with Crippen LogP contribution >= 0.6 is 24.0 Å². The van der Waals surface area contributed by atoms with Gasteiger partial charge in [0.15, 0.2) is 0 Å². The van der Waals surface area contributed by atoms with E-state index in [0.717, 1.165) is 4.32 Å². The van der Waals surface area contributed by atoms with Crippen LogP contribution in [0.4, 0.5) is 0 Å². The third-order valence-corrected chi connectivity index (χ3v) is 5.01. The molecule has 3 heteroatoms. The van der Waals surface area contributed by atoms with Crippen molar-refractivity contribution in [1.29, 1.82) is 0 Å². The van der Waals surface area contributed by atoms with Gasteiger partial charge in [-0.05, 0) is 27.6 Å². The Morgan fingerprint density at radius 3 is 2.20 bits per heavy atom. The monoisotopic (exact) mass is 297 g/mol. The highest BCUT2D eigenvalue weighted by atomic mass is 32.2. The molecule has 0 saturated carbocycles. The van der Waals surface area contributed by atoms with Crippen LogP contribution in [0.25, 0.3) is 21.5 Å². The average Bonchev–Trinajstić information content (AvgIpc) is 2.47. The molecule has 0 spiro atoms. The number of nitrogens with zero attached hydrogens (tertiary/aromatic N) is 1. The highest BCUT2D eigenvalue weighted by molar-refractivity contribution is 8.23. The van der Waals surface area contributed by atoms with E-state index in [9.17, 15) is 0 Å². The summed E-state index contributed by atoms with van der Waals surface area (Å²) in [4.78, 5) is 3.20. The highest BCUT2D eigenvalue weighted by Crippen LogP contribution is 2.35. The summed E-state index contributed by atoms with van der Waals surface area (Å²) in [5.41, 5.74) is 0. The average molecular weight is 297 g/mol. The fraction of sp³-hybridized carbons (Fsp3) is 0.118. The van der Waals surface area contributed by atoms with E-state index in [1.807, 2.05) is 19.0 Å². The van der Waals surface area contributed by atoms with E-state index in [1.54, 1.807) is 11.8 Å². The van der Waals surface area contributed by atoms with Crippen LogP contribution in [0.3, 0.4) is 0 Å². The first kappa shape index (κ1) is 13.4. The van der Waals surface area contributed by atoms with Gasteiger partial charge < -0.3 is 4.90 Å². The van der Waals surface area contributed by atoms with Gasteiger partial charge in [0.2, 0.25) is 0 Å². The lowest BCUT2D eigenvalue weighted by Crippen LogP contribution is -2.15. The lowest BCUT2D eigenvalue weighted by Gasteiger charge is -2.15. The predicted octanol–water partition coefficient (Wildman–Crippen LogP) is 4.93. The number of thioether (sulfide) groups is 1. The van der Waals surface area contributed by atoms with E-state index in [2.05, 4.69) is 54.6 Å². The number of hydrogen-bond donors (Lipinski definition) is 0. The molecule has 0 aliphatic rings. The zero-order chi connectivity index (χ0) is 14.1. The third kappa shape index (κ3) is 2.39. The third-order valence-electron chi connectivity index (χ3n) is 3.29. The zero-order valence-electron chi connectivity index (χ0n) is 11.5. The first-order valence-electron chi connectivity index (χ1n) is 6.46. The molecule has 0 amide bonds. The smallest absolute Gasteiger partial charge is 0.140 e. The Labute approximate surface area is 128 Å². The van der Waals surface area contributed by atoms with E-state index < -0.39 is 0 Å². The number of hydrogen-bond acceptors (Lipinski definition) is 2. The van der Waals surface area contributed by atoms with E-state index in [4.69, 9.17) is 12.2 Å². The molecule has 0 fully saturated rings. The number of thiocarbonyl (C=S) groups is 1. The summed E-state index contributed by atoms with van der Waals surface area (Å²) in [5.74, 6) is 0. The van der Waals surface area contributed by atoms with Crippen LogP contribution < -0.4 is 0 Å². The van der Waals surface area contributed by atoms with E-state index >= 15 is 0 Å². The van der Waals surface area contributed by atoms with Crippen LogP contribution in [0, 0.1) is 0 Å². The maximum atomic E-state index is 5.43. The topological polar surface area (TPSA) is 3.24 Å². The van der Waals surface area contributed by atoms with Crippen LogP contribution in [0.2, 0.25) is 0 Å². The number of benzene rings is 3. The van der Waals surface area contributed by atoms with Crippen molar-refractivity contribution in [3.63, 3.8) is 0 Å². The Morgan fingerprint density at radius 1 is 0.900 bits per heavy atom. The molecule has 3 aromatic carbocycles. The Balaban J connectivity index is 2.26. The van der Waals surface area contributed by atoms with Crippen molar-refractivity contribution < 1.29 is 0 Å². The summed E-state index contributed by atoms with van der Waals surface area (Å²) in [6.07, 6.45) is 0. The van der Waals surface area contributed by atoms with Gasteiger partial charge >= 0.3 is 0 Å². The fourth-order valence-corrected chi connectivity index (χ4v) is 3.40. The van der Waals surface area contributed by atoms with Gasteiger partial charge in [-0.1, -0.05) is 72.5 Å². The van der Waals surface area contributed by atoms with E-state index in [1.165, 1.54) is 26.4 Å². The van der Waals surface area contributed by atoms with Crippen molar-refractivity contribution in [2.45, 2.75) is 4.90 Å². The minimum atomic E-state index is 0.880. The molecule has 100 valence electrons. The van der Waals surface area contributed by atoms with Gasteiger partial charge in [0.1, 0.15) is 4.32 Å². The summed E-state index contributed by atoms with van der Waals surface area (Å²) < 4.78 is 0.880. The standard InChI is InChI=1S/C17H15NS2/c1-18(2)17(19)20-16-11-12-7-3-4-8-13(12)14-9-5-6-10-15(14)16/h3-11H,1-2H3. The Morgan fingerprint density at radius 2 is 1.50 bits per heavy atom. The second-order valence-electron chi connectivity index (χ2n) is 4.90. The molecule has 0 atom stereocenters. The molecule has 0 bridgehead atoms. The lowest BCUT2D eigenvalue weighted by atomic mass is 10.0. The lowest BCUT2D eigenvalue weighted by molar-refractivity contribution is 0.648. The minimum absolute atomic E-state index is 0.880. The molecule has 0 heterocycles. The van der Waals surface area contributed by atoms with Crippen LogP contribution in [-0.4, -0.2) is 23.3 Å². The molecule has 0 N–H and O–H groups in total. The molecule has 20 heavy (non-hydrogen) atoms. The molecule has 0 aliphatic heterocycles. The van der Waals surface area contributed by atoms with Crippen LogP contribution in [0.1, 0.15) is 0 Å². The predicted molar refractivity (Wildman–Crippen MR) is 93.6 cm³/mol. The largest absolute Gasteiger partial charge is 0.363 e. The molecular formula is C17H15NS2. The molecule has 3 aromatic rings. The molecule has 3 rings (SSSR count). The first-order chi connectivity index (χ1) is 9.66. The summed E-state index contributed by atoms with van der Waals surface area (Å²) in [5, 5.41) is 5.11. The van der Waals surface area contributed by atoms with E-state index in [0.29, 0.717) is 0 Å². The Bertz CT molecular complexity index is 793. The normalized spacial score (nSPS) is 10.9. The molecule has 0 aromatic heterocycles. The Kier molecular flexibility index (Phi) is 3.64. The number of rotatable bonds is 1. The van der Waals surface area contributed by atoms with Crippen molar-refractivity contribution >= 4 is 49.8 Å². The molecule has 1 nitrogen and oxygen atoms in total. The van der Waals surface area contributed by atoms with E-state index in [-0.39, 0.29) is 0 Å². The van der Waals surface area contributed by atoms with Gasteiger partial charge in [0.05, 0.1) is 0 Å². The highest BCUT2D eigenvalue weighted by Gasteiger charge is 2.09. The molecule has 0 saturated heterocycles. The fourth-order valence-electron chi connectivity index (χ4n) is 2.29. The van der Waals surface area contributed by atoms with Gasteiger partial charge in [0, 0.05) is 19.0 Å². The minimum Gasteiger partial charge on any atom is -0.363 e. The summed E-state index contributed by atoms with van der Waals surface area (Å²) in [6.45, 7) is 0. The summed E-state index contributed by atoms with van der Waals surface area (Å²) in [6, 6.07) is 19.3. The van der Waals surface area contributed by atoms with Crippen molar-refractivity contribution in [3.8, 4) is 0 Å². The number of fused-ring (bicyclic) bond motifs is 3. The first-order valence-corrected chi connectivity index (χ1v) is 7.69. The molecule has 0 unspecified atom stereocenters. The molecular weight excluding hydrogens is 282 g/mol. The SMILES string of the molecule is CN(C)C(=S)Sc1cc2ccccc2c2ccccc12. The molecule has 0 aliphatic carbocycles. The maximum absolute atomic E-state index is 5.43. The molecule has 0 radical (unpaired) electrons. The van der Waals surface area contributed by atoms with Gasteiger partial charge in [-0.15, -0.1) is 0 Å². The van der Waals surface area contributed by atoms with Crippen LogP contribution in [-0.2, 0) is 0 Å². The van der Waals surface area contributed by atoms with Crippen molar-refractivity contribution in [1.82, 2.24) is 4.90 Å². The maximum Gasteiger partial charge on any atom is 0.140 e. The second kappa shape index (κ2) is 5.43. The zero-order valence-corrected chi connectivity index (χ0v) is 13.1. The van der Waals surface area contributed by atoms with Crippen molar-refractivity contribution in [2.75, 3.05) is 14.1 Å². The van der Waals surface area contributed by atoms with Crippen LogP contribution in [0.15, 0.2) is 59.5 Å². The van der Waals surface area contributed by atoms with Gasteiger partial charge in [0.25, 0.3) is 0 Å². The summed E-state index contributed by atoms with van der Waals surface area (Å²) in [7, 11) is 3.97. The van der Waals surface area contributed by atoms with Crippen molar-refractivity contribution in [2.24, 2.45) is 0 Å². The second-order valence-corrected chi connectivity index (χ2v) is 6.58.